The number of rotatable bonds is 3. The van der Waals surface area contributed by atoms with Crippen LogP contribution in [0.1, 0.15) is 44.6 Å². The van der Waals surface area contributed by atoms with Crippen molar-refractivity contribution in [3.8, 4) is 6.07 Å². The standard InChI is InChI=1S/C14H20N4/c1-3-11-4-6-13(7-5-11)18(2)14-12(10-15)8-9-16-17-14/h8-9,11,13H,3-7H2,1-2H3. The van der Waals surface area contributed by atoms with Crippen molar-refractivity contribution in [1.29, 1.82) is 5.26 Å². The number of anilines is 1. The predicted molar refractivity (Wildman–Crippen MR) is 71.2 cm³/mol. The van der Waals surface area contributed by atoms with E-state index >= 15 is 0 Å². The third kappa shape index (κ3) is 2.61. The molecular formula is C14H20N4. The molecule has 1 fully saturated rings. The van der Waals surface area contributed by atoms with Crippen molar-refractivity contribution in [3.63, 3.8) is 0 Å². The smallest absolute Gasteiger partial charge is 0.169 e. The zero-order chi connectivity index (χ0) is 13.0. The van der Waals surface area contributed by atoms with Crippen LogP contribution >= 0.6 is 0 Å². The number of hydrogen-bond donors (Lipinski definition) is 0. The molecule has 0 aromatic carbocycles. The number of nitrogens with zero attached hydrogens (tertiary/aromatic N) is 4. The molecular weight excluding hydrogens is 224 g/mol. The molecule has 0 amide bonds. The third-order valence-corrected chi connectivity index (χ3v) is 4.10. The fourth-order valence-corrected chi connectivity index (χ4v) is 2.79. The Bertz CT molecular complexity index is 430. The van der Waals surface area contributed by atoms with Crippen molar-refractivity contribution < 1.29 is 0 Å². The Labute approximate surface area is 109 Å². The summed E-state index contributed by atoms with van der Waals surface area (Å²) in [6, 6.07) is 4.42. The average molecular weight is 244 g/mol. The lowest BCUT2D eigenvalue weighted by atomic mass is 9.84. The van der Waals surface area contributed by atoms with Crippen LogP contribution in [0.15, 0.2) is 12.3 Å². The summed E-state index contributed by atoms with van der Waals surface area (Å²) in [5.74, 6) is 1.60. The molecule has 0 unspecified atom stereocenters. The van der Waals surface area contributed by atoms with E-state index in [1.165, 1.54) is 32.1 Å². The average Bonchev–Trinajstić information content (AvgIpc) is 2.46. The van der Waals surface area contributed by atoms with E-state index in [9.17, 15) is 0 Å². The van der Waals surface area contributed by atoms with Crippen LogP contribution in [0.25, 0.3) is 0 Å². The van der Waals surface area contributed by atoms with Gasteiger partial charge in [0.2, 0.25) is 0 Å². The first-order valence-corrected chi connectivity index (χ1v) is 6.70. The maximum absolute atomic E-state index is 9.10. The van der Waals surface area contributed by atoms with Gasteiger partial charge in [-0.1, -0.05) is 13.3 Å². The van der Waals surface area contributed by atoms with Crippen LogP contribution in [0, 0.1) is 17.2 Å². The zero-order valence-electron chi connectivity index (χ0n) is 11.1. The molecule has 0 atom stereocenters. The molecule has 18 heavy (non-hydrogen) atoms. The minimum absolute atomic E-state index is 0.497. The highest BCUT2D eigenvalue weighted by molar-refractivity contribution is 5.52. The van der Waals surface area contributed by atoms with Crippen LogP contribution in [0.3, 0.4) is 0 Å². The normalized spacial score (nSPS) is 23.4. The van der Waals surface area contributed by atoms with Gasteiger partial charge in [-0.2, -0.15) is 10.4 Å². The second kappa shape index (κ2) is 5.81. The van der Waals surface area contributed by atoms with E-state index in [4.69, 9.17) is 5.26 Å². The van der Waals surface area contributed by atoms with E-state index in [2.05, 4.69) is 28.1 Å². The summed E-state index contributed by atoms with van der Waals surface area (Å²) >= 11 is 0. The summed E-state index contributed by atoms with van der Waals surface area (Å²) in [6.07, 6.45) is 7.81. The van der Waals surface area contributed by atoms with Crippen molar-refractivity contribution in [2.24, 2.45) is 5.92 Å². The molecule has 1 saturated carbocycles. The lowest BCUT2D eigenvalue weighted by Gasteiger charge is -2.35. The molecule has 96 valence electrons. The summed E-state index contributed by atoms with van der Waals surface area (Å²) in [5, 5.41) is 17.1. The van der Waals surface area contributed by atoms with Crippen molar-refractivity contribution >= 4 is 5.82 Å². The van der Waals surface area contributed by atoms with Gasteiger partial charge in [0.05, 0.1) is 11.8 Å². The van der Waals surface area contributed by atoms with Crippen LogP contribution < -0.4 is 4.90 Å². The highest BCUT2D eigenvalue weighted by atomic mass is 15.3. The zero-order valence-corrected chi connectivity index (χ0v) is 11.1. The number of hydrogen-bond acceptors (Lipinski definition) is 4. The quantitative estimate of drug-likeness (QED) is 0.820. The largest absolute Gasteiger partial charge is 0.354 e. The van der Waals surface area contributed by atoms with E-state index < -0.39 is 0 Å². The van der Waals surface area contributed by atoms with E-state index in [0.29, 0.717) is 11.6 Å². The number of nitriles is 1. The highest BCUT2D eigenvalue weighted by Gasteiger charge is 2.25. The van der Waals surface area contributed by atoms with Crippen molar-refractivity contribution in [2.75, 3.05) is 11.9 Å². The maximum Gasteiger partial charge on any atom is 0.169 e. The fourth-order valence-electron chi connectivity index (χ4n) is 2.79. The second-order valence-electron chi connectivity index (χ2n) is 5.07. The van der Waals surface area contributed by atoms with Gasteiger partial charge in [-0.05, 0) is 37.7 Å². The summed E-state index contributed by atoms with van der Waals surface area (Å²) in [6.45, 7) is 2.27. The fraction of sp³-hybridized carbons (Fsp3) is 0.643. The van der Waals surface area contributed by atoms with Crippen molar-refractivity contribution in [2.45, 2.75) is 45.1 Å². The minimum atomic E-state index is 0.497. The van der Waals surface area contributed by atoms with Crippen LogP contribution in [0.4, 0.5) is 5.82 Å². The first-order valence-electron chi connectivity index (χ1n) is 6.70. The maximum atomic E-state index is 9.10. The molecule has 1 aliphatic carbocycles. The molecule has 0 saturated heterocycles. The van der Waals surface area contributed by atoms with Gasteiger partial charge >= 0.3 is 0 Å². The van der Waals surface area contributed by atoms with E-state index in [-0.39, 0.29) is 0 Å². The summed E-state index contributed by atoms with van der Waals surface area (Å²) in [7, 11) is 2.03. The monoisotopic (exact) mass is 244 g/mol. The first-order chi connectivity index (χ1) is 8.76. The summed E-state index contributed by atoms with van der Waals surface area (Å²) in [5.41, 5.74) is 0.616. The van der Waals surface area contributed by atoms with Gasteiger partial charge in [0.1, 0.15) is 6.07 Å². The van der Waals surface area contributed by atoms with Crippen molar-refractivity contribution in [1.82, 2.24) is 10.2 Å². The van der Waals surface area contributed by atoms with Gasteiger partial charge in [0, 0.05) is 13.1 Å². The molecule has 0 bridgehead atoms. The summed E-state index contributed by atoms with van der Waals surface area (Å²) < 4.78 is 0. The van der Waals surface area contributed by atoms with E-state index in [1.807, 2.05) is 7.05 Å². The van der Waals surface area contributed by atoms with Gasteiger partial charge < -0.3 is 4.90 Å². The van der Waals surface area contributed by atoms with Crippen molar-refractivity contribution in [3.05, 3.63) is 17.8 Å². The molecule has 0 spiro atoms. The van der Waals surface area contributed by atoms with E-state index in [0.717, 1.165) is 11.7 Å². The Morgan fingerprint density at radius 3 is 2.72 bits per heavy atom. The van der Waals surface area contributed by atoms with Crippen LogP contribution in [-0.2, 0) is 0 Å². The van der Waals surface area contributed by atoms with Gasteiger partial charge in [-0.3, -0.25) is 0 Å². The Morgan fingerprint density at radius 2 is 2.11 bits per heavy atom. The van der Waals surface area contributed by atoms with Crippen LogP contribution in [0.5, 0.6) is 0 Å². The van der Waals surface area contributed by atoms with Gasteiger partial charge in [-0.15, -0.1) is 5.10 Å². The van der Waals surface area contributed by atoms with Crippen LogP contribution in [0.2, 0.25) is 0 Å². The molecule has 0 aliphatic heterocycles. The summed E-state index contributed by atoms with van der Waals surface area (Å²) in [4.78, 5) is 2.14. The molecule has 2 rings (SSSR count). The highest BCUT2D eigenvalue weighted by Crippen LogP contribution is 2.31. The first kappa shape index (κ1) is 12.8. The van der Waals surface area contributed by atoms with Gasteiger partial charge in [-0.25, -0.2) is 0 Å². The molecule has 0 N–H and O–H groups in total. The molecule has 4 heteroatoms. The third-order valence-electron chi connectivity index (χ3n) is 4.10. The molecule has 1 heterocycles. The molecule has 1 aromatic heterocycles. The molecule has 4 nitrogen and oxygen atoms in total. The lowest BCUT2D eigenvalue weighted by Crippen LogP contribution is -2.36. The minimum Gasteiger partial charge on any atom is -0.354 e. The van der Waals surface area contributed by atoms with Crippen LogP contribution in [-0.4, -0.2) is 23.3 Å². The predicted octanol–water partition coefficient (Wildman–Crippen LogP) is 2.75. The SMILES string of the molecule is CCC1CCC(N(C)c2nnccc2C#N)CC1. The Kier molecular flexibility index (Phi) is 4.14. The molecule has 0 radical (unpaired) electrons. The Hall–Kier alpha value is -1.63. The second-order valence-corrected chi connectivity index (χ2v) is 5.07. The molecule has 1 aromatic rings. The van der Waals surface area contributed by atoms with E-state index in [1.54, 1.807) is 12.3 Å². The Morgan fingerprint density at radius 1 is 1.39 bits per heavy atom. The number of aromatic nitrogens is 2. The molecule has 1 aliphatic rings. The lowest BCUT2D eigenvalue weighted by molar-refractivity contribution is 0.312. The topological polar surface area (TPSA) is 52.8 Å². The Balaban J connectivity index is 2.08. The van der Waals surface area contributed by atoms with Gasteiger partial charge in [0.15, 0.2) is 5.82 Å². The van der Waals surface area contributed by atoms with Gasteiger partial charge in [0.25, 0.3) is 0 Å².